The van der Waals surface area contributed by atoms with Crippen molar-refractivity contribution in [1.29, 1.82) is 0 Å². The van der Waals surface area contributed by atoms with Crippen LogP contribution in [0.5, 0.6) is 0 Å². The summed E-state index contributed by atoms with van der Waals surface area (Å²) in [4.78, 5) is 29.2. The molecule has 5 rings (SSSR count). The van der Waals surface area contributed by atoms with Gasteiger partial charge in [-0.3, -0.25) is 9.69 Å². The van der Waals surface area contributed by atoms with Gasteiger partial charge in [0.1, 0.15) is 10.6 Å². The van der Waals surface area contributed by atoms with Crippen LogP contribution in [0.4, 0.5) is 5.00 Å². The highest BCUT2D eigenvalue weighted by Crippen LogP contribution is 2.38. The molecular weight excluding hydrogens is 472 g/mol. The second-order valence-corrected chi connectivity index (χ2v) is 9.08. The van der Waals surface area contributed by atoms with Crippen molar-refractivity contribution in [2.75, 3.05) is 18.5 Å². The fraction of sp³-hybridized carbons (Fsp3) is 0.231. The van der Waals surface area contributed by atoms with Crippen molar-refractivity contribution in [1.82, 2.24) is 4.90 Å². The molecule has 0 unspecified atom stereocenters. The smallest absolute Gasteiger partial charge is 0.341 e. The molecule has 0 spiro atoms. The van der Waals surface area contributed by atoms with Crippen LogP contribution < -0.4 is 5.32 Å². The molecule has 176 valence electrons. The van der Waals surface area contributed by atoms with Gasteiger partial charge in [-0.05, 0) is 36.6 Å². The Balaban J connectivity index is 0.00000274. The number of furan rings is 1. The van der Waals surface area contributed by atoms with Crippen molar-refractivity contribution < 1.29 is 18.7 Å². The highest BCUT2D eigenvalue weighted by atomic mass is 35.5. The molecule has 0 atom stereocenters. The Kier molecular flexibility index (Phi) is 7.36. The quantitative estimate of drug-likeness (QED) is 0.336. The van der Waals surface area contributed by atoms with Gasteiger partial charge in [0.2, 0.25) is 0 Å². The Hall–Kier alpha value is -3.13. The number of ether oxygens (including phenoxy) is 1. The molecule has 4 aromatic rings. The second-order valence-electron chi connectivity index (χ2n) is 7.98. The summed E-state index contributed by atoms with van der Waals surface area (Å²) < 4.78 is 11.0. The number of esters is 1. The van der Waals surface area contributed by atoms with Gasteiger partial charge in [0, 0.05) is 29.9 Å². The van der Waals surface area contributed by atoms with Crippen LogP contribution in [0, 0.1) is 0 Å². The lowest BCUT2D eigenvalue weighted by molar-refractivity contribution is 0.0526. The molecule has 8 heteroatoms. The standard InChI is InChI=1S/C26H24N2O4S.ClH/c1-2-31-26(30)23-19-12-13-28(15-17-8-4-3-5-9-17)16-22(19)33-25(23)27-24(29)21-14-18-10-6-7-11-20(18)32-21;/h3-11,14H,2,12-13,15-16H2,1H3,(H,27,29);1H. The normalized spacial score (nSPS) is 13.2. The number of nitrogens with one attached hydrogen (secondary N) is 1. The molecule has 0 saturated heterocycles. The summed E-state index contributed by atoms with van der Waals surface area (Å²) >= 11 is 1.44. The number of halogens is 1. The van der Waals surface area contributed by atoms with Gasteiger partial charge in [-0.1, -0.05) is 48.5 Å². The zero-order chi connectivity index (χ0) is 22.8. The Morgan fingerprint density at radius 2 is 1.88 bits per heavy atom. The summed E-state index contributed by atoms with van der Waals surface area (Å²) in [5.74, 6) is -0.564. The van der Waals surface area contributed by atoms with E-state index >= 15 is 0 Å². The van der Waals surface area contributed by atoms with Gasteiger partial charge < -0.3 is 14.5 Å². The molecular formula is C26H25ClN2O4S. The lowest BCUT2D eigenvalue weighted by Gasteiger charge is -2.27. The Morgan fingerprint density at radius 1 is 1.12 bits per heavy atom. The van der Waals surface area contributed by atoms with Gasteiger partial charge in [0.05, 0.1) is 12.2 Å². The highest BCUT2D eigenvalue weighted by molar-refractivity contribution is 7.17. The topological polar surface area (TPSA) is 71.8 Å². The summed E-state index contributed by atoms with van der Waals surface area (Å²) in [6, 6.07) is 19.5. The largest absolute Gasteiger partial charge is 0.462 e. The molecule has 0 saturated carbocycles. The molecule has 0 radical (unpaired) electrons. The average Bonchev–Trinajstić information content (AvgIpc) is 3.41. The Bertz CT molecular complexity index is 1280. The zero-order valence-corrected chi connectivity index (χ0v) is 20.3. The van der Waals surface area contributed by atoms with Crippen molar-refractivity contribution in [2.24, 2.45) is 0 Å². The number of para-hydroxylation sites is 1. The average molecular weight is 497 g/mol. The molecule has 1 aliphatic heterocycles. The van der Waals surface area contributed by atoms with E-state index in [2.05, 4.69) is 22.3 Å². The zero-order valence-electron chi connectivity index (χ0n) is 18.7. The monoisotopic (exact) mass is 496 g/mol. The molecule has 1 amide bonds. The first kappa shape index (κ1) is 24.0. The van der Waals surface area contributed by atoms with Crippen LogP contribution >= 0.6 is 23.7 Å². The van der Waals surface area contributed by atoms with E-state index in [0.717, 1.165) is 41.9 Å². The molecule has 3 heterocycles. The summed E-state index contributed by atoms with van der Waals surface area (Å²) in [6.45, 7) is 4.46. The number of anilines is 1. The number of thiophene rings is 1. The van der Waals surface area contributed by atoms with Crippen LogP contribution in [-0.2, 0) is 24.2 Å². The molecule has 1 aliphatic rings. The van der Waals surface area contributed by atoms with Crippen LogP contribution in [-0.4, -0.2) is 29.9 Å². The first-order valence-corrected chi connectivity index (χ1v) is 11.8. The Labute approximate surface area is 207 Å². The van der Waals surface area contributed by atoms with E-state index in [-0.39, 0.29) is 30.7 Å². The fourth-order valence-electron chi connectivity index (χ4n) is 4.20. The van der Waals surface area contributed by atoms with Gasteiger partial charge in [-0.2, -0.15) is 0 Å². The number of carbonyl (C=O) groups excluding carboxylic acids is 2. The van der Waals surface area contributed by atoms with Crippen molar-refractivity contribution in [3.63, 3.8) is 0 Å². The number of amides is 1. The molecule has 6 nitrogen and oxygen atoms in total. The molecule has 2 aromatic heterocycles. The predicted molar refractivity (Wildman–Crippen MR) is 136 cm³/mol. The maximum atomic E-state index is 13.0. The first-order chi connectivity index (χ1) is 16.1. The third kappa shape index (κ3) is 4.87. The van der Waals surface area contributed by atoms with Crippen LogP contribution in [0.1, 0.15) is 43.8 Å². The van der Waals surface area contributed by atoms with Gasteiger partial charge >= 0.3 is 5.97 Å². The molecule has 1 N–H and O–H groups in total. The lowest BCUT2D eigenvalue weighted by atomic mass is 10.0. The summed E-state index contributed by atoms with van der Waals surface area (Å²) in [5.41, 5.74) is 3.35. The Morgan fingerprint density at radius 3 is 2.65 bits per heavy atom. The maximum Gasteiger partial charge on any atom is 0.341 e. The van der Waals surface area contributed by atoms with E-state index in [9.17, 15) is 9.59 Å². The summed E-state index contributed by atoms with van der Waals surface area (Å²) in [6.07, 6.45) is 0.729. The minimum atomic E-state index is -0.397. The van der Waals surface area contributed by atoms with Crippen LogP contribution in [0.25, 0.3) is 11.0 Å². The van der Waals surface area contributed by atoms with E-state index in [0.29, 0.717) is 16.1 Å². The van der Waals surface area contributed by atoms with Gasteiger partial charge in [0.15, 0.2) is 5.76 Å². The number of benzene rings is 2. The lowest BCUT2D eigenvalue weighted by Crippen LogP contribution is -2.29. The van der Waals surface area contributed by atoms with E-state index in [4.69, 9.17) is 9.15 Å². The van der Waals surface area contributed by atoms with E-state index in [1.807, 2.05) is 42.5 Å². The van der Waals surface area contributed by atoms with Crippen molar-refractivity contribution in [3.8, 4) is 0 Å². The molecule has 0 bridgehead atoms. The number of hydrogen-bond donors (Lipinski definition) is 1. The molecule has 34 heavy (non-hydrogen) atoms. The number of fused-ring (bicyclic) bond motifs is 2. The fourth-order valence-corrected chi connectivity index (χ4v) is 5.47. The van der Waals surface area contributed by atoms with Crippen LogP contribution in [0.15, 0.2) is 65.1 Å². The van der Waals surface area contributed by atoms with Crippen molar-refractivity contribution >= 4 is 51.6 Å². The van der Waals surface area contributed by atoms with Gasteiger partial charge in [-0.15, -0.1) is 23.7 Å². The number of carbonyl (C=O) groups is 2. The van der Waals surface area contributed by atoms with Crippen LogP contribution in [0.2, 0.25) is 0 Å². The highest BCUT2D eigenvalue weighted by Gasteiger charge is 2.30. The number of rotatable bonds is 6. The van der Waals surface area contributed by atoms with E-state index < -0.39 is 5.97 Å². The van der Waals surface area contributed by atoms with Crippen molar-refractivity contribution in [3.05, 3.63) is 88.0 Å². The second kappa shape index (κ2) is 10.4. The SMILES string of the molecule is CCOC(=O)c1c(NC(=O)c2cc3ccccc3o2)sc2c1CCN(Cc1ccccc1)C2.Cl. The van der Waals surface area contributed by atoms with E-state index in [1.54, 1.807) is 13.0 Å². The third-order valence-electron chi connectivity index (χ3n) is 5.74. The molecule has 0 fully saturated rings. The first-order valence-electron chi connectivity index (χ1n) is 11.0. The van der Waals surface area contributed by atoms with Crippen molar-refractivity contribution in [2.45, 2.75) is 26.4 Å². The minimum absolute atomic E-state index is 0. The summed E-state index contributed by atoms with van der Waals surface area (Å²) in [7, 11) is 0. The minimum Gasteiger partial charge on any atom is -0.462 e. The molecule has 2 aromatic carbocycles. The third-order valence-corrected chi connectivity index (χ3v) is 6.87. The van der Waals surface area contributed by atoms with Crippen LogP contribution in [0.3, 0.4) is 0 Å². The van der Waals surface area contributed by atoms with Gasteiger partial charge in [-0.25, -0.2) is 4.79 Å². The predicted octanol–water partition coefficient (Wildman–Crippen LogP) is 5.90. The molecule has 0 aliphatic carbocycles. The number of nitrogens with zero attached hydrogens (tertiary/aromatic N) is 1. The van der Waals surface area contributed by atoms with E-state index in [1.165, 1.54) is 16.9 Å². The summed E-state index contributed by atoms with van der Waals surface area (Å²) in [5, 5.41) is 4.29. The maximum absolute atomic E-state index is 13.0. The van der Waals surface area contributed by atoms with Gasteiger partial charge in [0.25, 0.3) is 5.91 Å². The number of hydrogen-bond acceptors (Lipinski definition) is 6.